The number of hydrogen-bond acceptors (Lipinski definition) is 2. The van der Waals surface area contributed by atoms with E-state index >= 15 is 0 Å². The fourth-order valence-corrected chi connectivity index (χ4v) is 5.02. The van der Waals surface area contributed by atoms with Crippen molar-refractivity contribution in [2.24, 2.45) is 5.41 Å². The monoisotopic (exact) mass is 270 g/mol. The SMILES string of the molecule is Nc1cccc2c1CCN(C1CCC13CCCCC3)C2. The third-order valence-corrected chi connectivity index (χ3v) is 6.24. The molecule has 1 aromatic carbocycles. The Morgan fingerprint density at radius 1 is 1.10 bits per heavy atom. The van der Waals surface area contributed by atoms with Crippen LogP contribution in [0, 0.1) is 5.41 Å². The van der Waals surface area contributed by atoms with E-state index in [-0.39, 0.29) is 0 Å². The molecule has 2 N–H and O–H groups in total. The quantitative estimate of drug-likeness (QED) is 0.788. The lowest BCUT2D eigenvalue weighted by Gasteiger charge is -2.57. The van der Waals surface area contributed by atoms with Gasteiger partial charge in [-0.15, -0.1) is 0 Å². The number of nitrogens with two attached hydrogens (primary N) is 1. The Labute approximate surface area is 122 Å². The van der Waals surface area contributed by atoms with Gasteiger partial charge in [-0.2, -0.15) is 0 Å². The van der Waals surface area contributed by atoms with E-state index in [0.29, 0.717) is 5.41 Å². The van der Waals surface area contributed by atoms with E-state index < -0.39 is 0 Å². The summed E-state index contributed by atoms with van der Waals surface area (Å²) in [5.74, 6) is 0. The van der Waals surface area contributed by atoms with E-state index in [1.165, 1.54) is 62.6 Å². The predicted molar refractivity (Wildman–Crippen MR) is 83.5 cm³/mol. The molecule has 2 fully saturated rings. The minimum absolute atomic E-state index is 0.691. The van der Waals surface area contributed by atoms with E-state index in [9.17, 15) is 0 Å². The standard InChI is InChI=1S/C18H26N2/c19-16-6-4-5-14-13-20(12-8-15(14)16)17-7-11-18(17)9-2-1-3-10-18/h4-6,17H,1-3,7-13,19H2. The molecule has 1 atom stereocenters. The Balaban J connectivity index is 1.54. The highest BCUT2D eigenvalue weighted by atomic mass is 15.2. The second kappa shape index (κ2) is 4.77. The van der Waals surface area contributed by atoms with Crippen LogP contribution < -0.4 is 5.73 Å². The molecule has 4 rings (SSSR count). The first-order chi connectivity index (χ1) is 9.78. The maximum Gasteiger partial charge on any atom is 0.0350 e. The summed E-state index contributed by atoms with van der Waals surface area (Å²) in [6.07, 6.45) is 11.4. The first kappa shape index (κ1) is 12.7. The molecule has 0 bridgehead atoms. The minimum Gasteiger partial charge on any atom is -0.398 e. The molecule has 108 valence electrons. The molecule has 2 aliphatic carbocycles. The highest BCUT2D eigenvalue weighted by molar-refractivity contribution is 5.51. The zero-order valence-electron chi connectivity index (χ0n) is 12.4. The second-order valence-electron chi connectivity index (χ2n) is 7.18. The number of benzene rings is 1. The summed E-state index contributed by atoms with van der Waals surface area (Å²) in [5, 5.41) is 0. The number of anilines is 1. The minimum atomic E-state index is 0.691. The van der Waals surface area contributed by atoms with Crippen molar-refractivity contribution in [2.75, 3.05) is 12.3 Å². The molecule has 0 saturated heterocycles. The molecule has 0 amide bonds. The van der Waals surface area contributed by atoms with Gasteiger partial charge in [0.05, 0.1) is 0 Å². The Bertz CT molecular complexity index is 502. The molecule has 1 spiro atoms. The van der Waals surface area contributed by atoms with E-state index in [2.05, 4.69) is 23.1 Å². The lowest BCUT2D eigenvalue weighted by molar-refractivity contribution is -0.0587. The van der Waals surface area contributed by atoms with Crippen LogP contribution in [0.5, 0.6) is 0 Å². The van der Waals surface area contributed by atoms with Gasteiger partial charge in [0, 0.05) is 24.8 Å². The molecule has 0 aromatic heterocycles. The van der Waals surface area contributed by atoms with Gasteiger partial charge in [-0.05, 0) is 54.7 Å². The van der Waals surface area contributed by atoms with Crippen LogP contribution in [-0.4, -0.2) is 17.5 Å². The normalized spacial score (nSPS) is 28.9. The highest BCUT2D eigenvalue weighted by Gasteiger charge is 2.49. The number of nitrogen functional groups attached to an aromatic ring is 1. The maximum atomic E-state index is 6.13. The number of rotatable bonds is 1. The maximum absolute atomic E-state index is 6.13. The molecular weight excluding hydrogens is 244 g/mol. The topological polar surface area (TPSA) is 29.3 Å². The van der Waals surface area contributed by atoms with Crippen molar-refractivity contribution in [1.82, 2.24) is 4.90 Å². The first-order valence-electron chi connectivity index (χ1n) is 8.39. The number of nitrogens with zero attached hydrogens (tertiary/aromatic N) is 1. The van der Waals surface area contributed by atoms with E-state index in [1.54, 1.807) is 0 Å². The third kappa shape index (κ3) is 1.88. The number of hydrogen-bond donors (Lipinski definition) is 1. The van der Waals surface area contributed by atoms with Gasteiger partial charge < -0.3 is 5.73 Å². The predicted octanol–water partition coefficient (Wildman–Crippen LogP) is 3.74. The molecule has 2 saturated carbocycles. The van der Waals surface area contributed by atoms with Crippen LogP contribution >= 0.6 is 0 Å². The summed E-state index contributed by atoms with van der Waals surface area (Å²) >= 11 is 0. The van der Waals surface area contributed by atoms with E-state index in [1.807, 2.05) is 0 Å². The van der Waals surface area contributed by atoms with Gasteiger partial charge in [0.2, 0.25) is 0 Å². The van der Waals surface area contributed by atoms with Crippen molar-refractivity contribution in [3.8, 4) is 0 Å². The van der Waals surface area contributed by atoms with Gasteiger partial charge >= 0.3 is 0 Å². The molecule has 2 nitrogen and oxygen atoms in total. The molecule has 0 radical (unpaired) electrons. The van der Waals surface area contributed by atoms with E-state index in [0.717, 1.165) is 24.7 Å². The van der Waals surface area contributed by atoms with Crippen molar-refractivity contribution >= 4 is 5.69 Å². The lowest BCUT2D eigenvalue weighted by atomic mass is 9.56. The van der Waals surface area contributed by atoms with Crippen molar-refractivity contribution in [3.63, 3.8) is 0 Å². The zero-order valence-corrected chi connectivity index (χ0v) is 12.4. The van der Waals surface area contributed by atoms with E-state index in [4.69, 9.17) is 5.73 Å². The molecular formula is C18H26N2. The summed E-state index contributed by atoms with van der Waals surface area (Å²) in [7, 11) is 0. The molecule has 1 heterocycles. The van der Waals surface area contributed by atoms with Crippen molar-refractivity contribution in [2.45, 2.75) is 64.0 Å². The summed E-state index contributed by atoms with van der Waals surface area (Å²) < 4.78 is 0. The Morgan fingerprint density at radius 3 is 2.70 bits per heavy atom. The van der Waals surface area contributed by atoms with Crippen LogP contribution in [0.4, 0.5) is 5.69 Å². The van der Waals surface area contributed by atoms with Crippen LogP contribution in [0.2, 0.25) is 0 Å². The lowest BCUT2D eigenvalue weighted by Crippen LogP contribution is -2.57. The Morgan fingerprint density at radius 2 is 1.95 bits per heavy atom. The smallest absolute Gasteiger partial charge is 0.0350 e. The second-order valence-corrected chi connectivity index (χ2v) is 7.18. The van der Waals surface area contributed by atoms with Crippen LogP contribution in [0.3, 0.4) is 0 Å². The molecule has 1 aliphatic heterocycles. The largest absolute Gasteiger partial charge is 0.398 e. The van der Waals surface area contributed by atoms with Gasteiger partial charge in [0.25, 0.3) is 0 Å². The molecule has 2 heteroatoms. The third-order valence-electron chi connectivity index (χ3n) is 6.24. The molecule has 1 unspecified atom stereocenters. The van der Waals surface area contributed by atoms with Gasteiger partial charge in [-0.25, -0.2) is 0 Å². The zero-order chi connectivity index (χ0) is 13.6. The fourth-order valence-electron chi connectivity index (χ4n) is 5.02. The number of fused-ring (bicyclic) bond motifs is 1. The van der Waals surface area contributed by atoms with Crippen LogP contribution in [0.15, 0.2) is 18.2 Å². The van der Waals surface area contributed by atoms with Crippen LogP contribution in [-0.2, 0) is 13.0 Å². The van der Waals surface area contributed by atoms with Crippen LogP contribution in [0.25, 0.3) is 0 Å². The molecule has 3 aliphatic rings. The Kier molecular flexibility index (Phi) is 3.03. The van der Waals surface area contributed by atoms with Crippen molar-refractivity contribution < 1.29 is 0 Å². The van der Waals surface area contributed by atoms with Gasteiger partial charge in [0.15, 0.2) is 0 Å². The van der Waals surface area contributed by atoms with Crippen molar-refractivity contribution in [1.29, 1.82) is 0 Å². The Hall–Kier alpha value is -1.02. The average molecular weight is 270 g/mol. The van der Waals surface area contributed by atoms with Crippen molar-refractivity contribution in [3.05, 3.63) is 29.3 Å². The summed E-state index contributed by atoms with van der Waals surface area (Å²) in [6.45, 7) is 2.35. The molecule has 20 heavy (non-hydrogen) atoms. The fraction of sp³-hybridized carbons (Fsp3) is 0.667. The van der Waals surface area contributed by atoms with Gasteiger partial charge in [-0.3, -0.25) is 4.90 Å². The molecule has 1 aromatic rings. The average Bonchev–Trinajstić information content (AvgIpc) is 2.47. The summed E-state index contributed by atoms with van der Waals surface area (Å²) in [6, 6.07) is 7.32. The summed E-state index contributed by atoms with van der Waals surface area (Å²) in [4.78, 5) is 2.77. The summed E-state index contributed by atoms with van der Waals surface area (Å²) in [5.41, 5.74) is 10.7. The van der Waals surface area contributed by atoms with Gasteiger partial charge in [0.1, 0.15) is 0 Å². The first-order valence-corrected chi connectivity index (χ1v) is 8.39. The van der Waals surface area contributed by atoms with Crippen LogP contribution in [0.1, 0.15) is 56.1 Å². The van der Waals surface area contributed by atoms with Gasteiger partial charge in [-0.1, -0.05) is 31.4 Å². The highest BCUT2D eigenvalue weighted by Crippen LogP contribution is 2.54.